The van der Waals surface area contributed by atoms with Crippen molar-refractivity contribution in [2.75, 3.05) is 0 Å². The van der Waals surface area contributed by atoms with E-state index in [-0.39, 0.29) is 0 Å². The molecule has 2 aromatic rings. The molecule has 0 aliphatic carbocycles. The van der Waals surface area contributed by atoms with Crippen molar-refractivity contribution in [2.45, 2.75) is 71.1 Å². The first-order valence-electron chi connectivity index (χ1n) is 9.06. The van der Waals surface area contributed by atoms with Crippen LogP contribution in [0.2, 0.25) is 0 Å². The highest BCUT2D eigenvalue weighted by atomic mass is 16.4. The van der Waals surface area contributed by atoms with Crippen molar-refractivity contribution in [1.29, 1.82) is 0 Å². The molecule has 0 aliphatic rings. The van der Waals surface area contributed by atoms with E-state index in [2.05, 4.69) is 11.9 Å². The fraction of sp³-hybridized carbons (Fsp3) is 0.550. The second-order valence-corrected chi connectivity index (χ2v) is 6.44. The van der Waals surface area contributed by atoms with Gasteiger partial charge in [-0.25, -0.2) is 4.79 Å². The van der Waals surface area contributed by atoms with E-state index >= 15 is 0 Å². The molecular formula is C20H29NO2. The average molecular weight is 315 g/mol. The predicted octanol–water partition coefficient (Wildman–Crippen LogP) is 5.94. The van der Waals surface area contributed by atoms with Crippen LogP contribution in [0.3, 0.4) is 0 Å². The number of unbranched alkanes of at least 4 members (excludes halogenated alkanes) is 8. The fourth-order valence-electron chi connectivity index (χ4n) is 3.16. The van der Waals surface area contributed by atoms with E-state index in [1.807, 2.05) is 12.1 Å². The maximum atomic E-state index is 11.2. The Hall–Kier alpha value is -1.77. The highest BCUT2D eigenvalue weighted by Gasteiger charge is 2.10. The van der Waals surface area contributed by atoms with E-state index in [1.165, 1.54) is 57.8 Å². The first-order valence-corrected chi connectivity index (χ1v) is 9.06. The minimum atomic E-state index is -0.857. The Morgan fingerprint density at radius 2 is 1.65 bits per heavy atom. The average Bonchev–Trinajstić information content (AvgIpc) is 2.95. The predicted molar refractivity (Wildman–Crippen MR) is 96.2 cm³/mol. The summed E-state index contributed by atoms with van der Waals surface area (Å²) in [4.78, 5) is 14.6. The van der Waals surface area contributed by atoms with Crippen molar-refractivity contribution in [2.24, 2.45) is 0 Å². The number of aromatic amines is 1. The highest BCUT2D eigenvalue weighted by Crippen LogP contribution is 2.21. The minimum Gasteiger partial charge on any atom is -0.478 e. The lowest BCUT2D eigenvalue weighted by Gasteiger charge is -2.01. The summed E-state index contributed by atoms with van der Waals surface area (Å²) < 4.78 is 0. The Morgan fingerprint density at radius 3 is 2.30 bits per heavy atom. The molecule has 0 saturated carbocycles. The van der Waals surface area contributed by atoms with Crippen molar-refractivity contribution in [3.63, 3.8) is 0 Å². The van der Waals surface area contributed by atoms with Crippen LogP contribution in [0, 0.1) is 0 Å². The maximum Gasteiger partial charge on any atom is 0.336 e. The van der Waals surface area contributed by atoms with Crippen LogP contribution in [0.5, 0.6) is 0 Å². The molecule has 3 nitrogen and oxygen atoms in total. The van der Waals surface area contributed by atoms with Crippen LogP contribution in [0.4, 0.5) is 0 Å². The minimum absolute atomic E-state index is 0.386. The number of carbonyl (C=O) groups is 1. The van der Waals surface area contributed by atoms with Crippen LogP contribution in [-0.4, -0.2) is 16.1 Å². The van der Waals surface area contributed by atoms with Crippen LogP contribution in [0.15, 0.2) is 24.3 Å². The lowest BCUT2D eigenvalue weighted by molar-refractivity contribution is 0.0699. The van der Waals surface area contributed by atoms with Gasteiger partial charge in [0.15, 0.2) is 0 Å². The number of benzene rings is 1. The number of aromatic nitrogens is 1. The summed E-state index contributed by atoms with van der Waals surface area (Å²) in [5, 5.41) is 10.1. The van der Waals surface area contributed by atoms with Crippen molar-refractivity contribution in [1.82, 2.24) is 4.98 Å². The van der Waals surface area contributed by atoms with E-state index in [9.17, 15) is 9.90 Å². The number of hydrogen-bond acceptors (Lipinski definition) is 1. The molecule has 1 aromatic carbocycles. The molecule has 0 spiro atoms. The maximum absolute atomic E-state index is 11.2. The molecule has 0 amide bonds. The van der Waals surface area contributed by atoms with Gasteiger partial charge in [0.2, 0.25) is 0 Å². The molecule has 0 bridgehead atoms. The zero-order valence-corrected chi connectivity index (χ0v) is 14.2. The first-order chi connectivity index (χ1) is 11.2. The van der Waals surface area contributed by atoms with Crippen molar-refractivity contribution >= 4 is 16.9 Å². The van der Waals surface area contributed by atoms with E-state index in [1.54, 1.807) is 12.1 Å². The lowest BCUT2D eigenvalue weighted by Crippen LogP contribution is -1.95. The molecule has 0 saturated heterocycles. The number of carboxylic acid groups (broad SMARTS) is 1. The van der Waals surface area contributed by atoms with E-state index in [0.29, 0.717) is 5.56 Å². The Bertz CT molecular complexity index is 615. The van der Waals surface area contributed by atoms with Gasteiger partial charge in [-0.1, -0.05) is 64.4 Å². The quantitative estimate of drug-likeness (QED) is 0.504. The summed E-state index contributed by atoms with van der Waals surface area (Å²) in [5.74, 6) is -0.857. The summed E-state index contributed by atoms with van der Waals surface area (Å²) in [6, 6.07) is 7.41. The number of carboxylic acids is 1. The fourth-order valence-corrected chi connectivity index (χ4v) is 3.16. The molecule has 2 N–H and O–H groups in total. The van der Waals surface area contributed by atoms with Crippen LogP contribution in [-0.2, 0) is 6.42 Å². The Morgan fingerprint density at radius 1 is 1.00 bits per heavy atom. The van der Waals surface area contributed by atoms with Gasteiger partial charge in [-0.2, -0.15) is 0 Å². The van der Waals surface area contributed by atoms with Crippen molar-refractivity contribution in [3.05, 3.63) is 35.5 Å². The van der Waals surface area contributed by atoms with Crippen LogP contribution in [0.25, 0.3) is 10.9 Å². The molecule has 3 heteroatoms. The Kier molecular flexibility index (Phi) is 7.18. The van der Waals surface area contributed by atoms with E-state index < -0.39 is 5.97 Å². The molecule has 126 valence electrons. The molecule has 0 fully saturated rings. The SMILES string of the molecule is CCCCCCCCCCCc1cc2c(C(=O)O)cccc2[nH]1. The van der Waals surface area contributed by atoms with E-state index in [4.69, 9.17) is 0 Å². The summed E-state index contributed by atoms with van der Waals surface area (Å²) in [5.41, 5.74) is 2.46. The zero-order chi connectivity index (χ0) is 16.5. The van der Waals surface area contributed by atoms with Gasteiger partial charge < -0.3 is 10.1 Å². The molecule has 2 rings (SSSR count). The number of rotatable bonds is 11. The zero-order valence-electron chi connectivity index (χ0n) is 14.2. The number of aromatic carboxylic acids is 1. The van der Waals surface area contributed by atoms with Gasteiger partial charge in [-0.3, -0.25) is 0 Å². The van der Waals surface area contributed by atoms with Crippen LogP contribution < -0.4 is 0 Å². The number of aryl methyl sites for hydroxylation is 1. The highest BCUT2D eigenvalue weighted by molar-refractivity contribution is 6.03. The first kappa shape index (κ1) is 17.6. The second kappa shape index (κ2) is 9.39. The normalized spacial score (nSPS) is 11.2. The van der Waals surface area contributed by atoms with Crippen LogP contribution >= 0.6 is 0 Å². The van der Waals surface area contributed by atoms with Crippen LogP contribution in [0.1, 0.15) is 80.8 Å². The van der Waals surface area contributed by atoms with Gasteiger partial charge in [-0.15, -0.1) is 0 Å². The Labute approximate surface area is 139 Å². The summed E-state index contributed by atoms with van der Waals surface area (Å²) in [6.45, 7) is 2.25. The molecule has 1 aromatic heterocycles. The van der Waals surface area contributed by atoms with Gasteiger partial charge in [0.05, 0.1) is 5.56 Å². The summed E-state index contributed by atoms with van der Waals surface area (Å²) in [6.07, 6.45) is 12.9. The van der Waals surface area contributed by atoms with Gasteiger partial charge in [0.25, 0.3) is 0 Å². The molecule has 0 unspecified atom stereocenters. The van der Waals surface area contributed by atoms with Crippen molar-refractivity contribution in [3.8, 4) is 0 Å². The molecule has 23 heavy (non-hydrogen) atoms. The van der Waals surface area contributed by atoms with Gasteiger partial charge in [0.1, 0.15) is 0 Å². The second-order valence-electron chi connectivity index (χ2n) is 6.44. The summed E-state index contributed by atoms with van der Waals surface area (Å²) in [7, 11) is 0. The number of nitrogens with one attached hydrogen (secondary N) is 1. The third-order valence-corrected chi connectivity index (χ3v) is 4.50. The van der Waals surface area contributed by atoms with Crippen molar-refractivity contribution < 1.29 is 9.90 Å². The molecule has 0 aliphatic heterocycles. The monoisotopic (exact) mass is 315 g/mol. The molecule has 0 radical (unpaired) electrons. The number of H-pyrrole nitrogens is 1. The third kappa shape index (κ3) is 5.42. The topological polar surface area (TPSA) is 53.1 Å². The van der Waals surface area contributed by atoms with E-state index in [0.717, 1.165) is 23.0 Å². The molecular weight excluding hydrogens is 286 g/mol. The Balaban J connectivity index is 1.71. The van der Waals surface area contributed by atoms with Gasteiger partial charge in [0, 0.05) is 16.6 Å². The van der Waals surface area contributed by atoms with Gasteiger partial charge >= 0.3 is 5.97 Å². The standard InChI is InChI=1S/C20H29NO2/c1-2-3-4-5-6-7-8-9-10-12-16-15-18-17(20(22)23)13-11-14-19(18)21-16/h11,13-15,21H,2-10,12H2,1H3,(H,22,23). The largest absolute Gasteiger partial charge is 0.478 e. The van der Waals surface area contributed by atoms with Gasteiger partial charge in [-0.05, 0) is 31.0 Å². The number of hydrogen-bond donors (Lipinski definition) is 2. The smallest absolute Gasteiger partial charge is 0.336 e. The molecule has 1 heterocycles. The third-order valence-electron chi connectivity index (χ3n) is 4.50. The molecule has 0 atom stereocenters. The lowest BCUT2D eigenvalue weighted by atomic mass is 10.1. The number of fused-ring (bicyclic) bond motifs is 1. The summed E-state index contributed by atoms with van der Waals surface area (Å²) >= 11 is 0.